The third-order valence-electron chi connectivity index (χ3n) is 3.11. The third kappa shape index (κ3) is 2.03. The van der Waals surface area contributed by atoms with Gasteiger partial charge in [-0.15, -0.1) is 0 Å². The molecular formula is C14H16S. The average Bonchev–Trinajstić information content (AvgIpc) is 2.23. The van der Waals surface area contributed by atoms with Gasteiger partial charge >= 0.3 is 0 Å². The lowest BCUT2D eigenvalue weighted by atomic mass is 9.87. The maximum Gasteiger partial charge on any atom is 0.0303 e. The van der Waals surface area contributed by atoms with Gasteiger partial charge in [-0.05, 0) is 30.5 Å². The first-order chi connectivity index (χ1) is 7.20. The molecule has 1 heteroatoms. The molecule has 0 nitrogen and oxygen atoms in total. The maximum atomic E-state index is 4.61. The Kier molecular flexibility index (Phi) is 3.01. The van der Waals surface area contributed by atoms with Crippen LogP contribution in [0.4, 0.5) is 0 Å². The fourth-order valence-corrected chi connectivity index (χ4v) is 2.38. The van der Waals surface area contributed by atoms with Crippen molar-refractivity contribution in [1.82, 2.24) is 0 Å². The fourth-order valence-electron chi connectivity index (χ4n) is 2.02. The lowest BCUT2D eigenvalue weighted by Crippen LogP contribution is -2.12. The van der Waals surface area contributed by atoms with E-state index in [9.17, 15) is 0 Å². The second-order valence-corrected chi connectivity index (χ2v) is 4.67. The van der Waals surface area contributed by atoms with E-state index in [1.54, 1.807) is 0 Å². The van der Waals surface area contributed by atoms with Gasteiger partial charge in [0.05, 0.1) is 0 Å². The van der Waals surface area contributed by atoms with E-state index >= 15 is 0 Å². The summed E-state index contributed by atoms with van der Waals surface area (Å²) in [6, 6.07) is 6.50. The van der Waals surface area contributed by atoms with Gasteiger partial charge in [0.25, 0.3) is 0 Å². The Labute approximate surface area is 97.1 Å². The Bertz CT molecular complexity index is 415. The summed E-state index contributed by atoms with van der Waals surface area (Å²) < 4.78 is 0. The van der Waals surface area contributed by atoms with Crippen LogP contribution in [-0.4, -0.2) is 5.25 Å². The highest BCUT2D eigenvalue weighted by Crippen LogP contribution is 2.31. The zero-order chi connectivity index (χ0) is 10.8. The first kappa shape index (κ1) is 10.6. The third-order valence-corrected chi connectivity index (χ3v) is 3.60. The molecule has 2 rings (SSSR count). The molecule has 0 aromatic heterocycles. The lowest BCUT2D eigenvalue weighted by molar-refractivity contribution is 0.863. The van der Waals surface area contributed by atoms with E-state index in [-0.39, 0.29) is 0 Å². The zero-order valence-electron chi connectivity index (χ0n) is 9.14. The number of aryl methyl sites for hydroxylation is 1. The van der Waals surface area contributed by atoms with E-state index in [0.29, 0.717) is 11.2 Å². The van der Waals surface area contributed by atoms with Crippen LogP contribution >= 0.6 is 12.6 Å². The van der Waals surface area contributed by atoms with Gasteiger partial charge < -0.3 is 0 Å². The van der Waals surface area contributed by atoms with Gasteiger partial charge in [0.1, 0.15) is 0 Å². The normalized spacial score (nSPS) is 24.5. The minimum absolute atomic E-state index is 0.301. The number of hydrogen-bond donors (Lipinski definition) is 1. The molecule has 0 fully saturated rings. The molecule has 0 amide bonds. The van der Waals surface area contributed by atoms with Crippen molar-refractivity contribution in [2.24, 2.45) is 0 Å². The summed E-state index contributed by atoms with van der Waals surface area (Å²) in [6.07, 6.45) is 8.56. The molecule has 1 aliphatic rings. The molecule has 0 N–H and O–H groups in total. The summed E-state index contributed by atoms with van der Waals surface area (Å²) in [6.45, 7) is 4.35. The van der Waals surface area contributed by atoms with Crippen molar-refractivity contribution in [2.45, 2.75) is 25.0 Å². The minimum Gasteiger partial charge on any atom is -0.171 e. The molecule has 78 valence electrons. The molecule has 2 atom stereocenters. The van der Waals surface area contributed by atoms with Crippen LogP contribution in [0.5, 0.6) is 0 Å². The molecule has 1 aromatic rings. The molecule has 0 saturated heterocycles. The SMILES string of the molecule is Cc1cccc(C2C=CC=CC2S)c1C. The number of benzene rings is 1. The molecule has 15 heavy (non-hydrogen) atoms. The van der Waals surface area contributed by atoms with Gasteiger partial charge in [0, 0.05) is 11.2 Å². The van der Waals surface area contributed by atoms with Crippen LogP contribution < -0.4 is 0 Å². The van der Waals surface area contributed by atoms with Crippen LogP contribution in [0.25, 0.3) is 0 Å². The highest BCUT2D eigenvalue weighted by atomic mass is 32.1. The summed E-state index contributed by atoms with van der Waals surface area (Å²) in [5.74, 6) is 0.415. The standard InChI is InChI=1S/C14H16S/c1-10-6-5-8-12(11(10)2)13-7-3-4-9-14(13)15/h3-9,13-15H,1-2H3. The molecule has 1 aromatic carbocycles. The first-order valence-electron chi connectivity index (χ1n) is 5.29. The van der Waals surface area contributed by atoms with Crippen LogP contribution in [0, 0.1) is 13.8 Å². The topological polar surface area (TPSA) is 0 Å². The van der Waals surface area contributed by atoms with E-state index in [2.05, 4.69) is 69.0 Å². The summed E-state index contributed by atoms with van der Waals surface area (Å²) in [5.41, 5.74) is 4.15. The Morgan fingerprint density at radius 1 is 1.07 bits per heavy atom. The van der Waals surface area contributed by atoms with Gasteiger partial charge in [0.2, 0.25) is 0 Å². The van der Waals surface area contributed by atoms with Crippen molar-refractivity contribution in [3.8, 4) is 0 Å². The highest BCUT2D eigenvalue weighted by Gasteiger charge is 2.18. The van der Waals surface area contributed by atoms with Gasteiger partial charge in [-0.3, -0.25) is 0 Å². The highest BCUT2D eigenvalue weighted by molar-refractivity contribution is 7.81. The monoisotopic (exact) mass is 216 g/mol. The van der Waals surface area contributed by atoms with Crippen molar-refractivity contribution in [3.63, 3.8) is 0 Å². The van der Waals surface area contributed by atoms with Gasteiger partial charge in [-0.25, -0.2) is 0 Å². The number of allylic oxidation sites excluding steroid dienone is 3. The van der Waals surface area contributed by atoms with Crippen molar-refractivity contribution in [1.29, 1.82) is 0 Å². The number of rotatable bonds is 1. The largest absolute Gasteiger partial charge is 0.171 e. The Morgan fingerprint density at radius 2 is 1.80 bits per heavy atom. The van der Waals surface area contributed by atoms with Gasteiger partial charge in [-0.2, -0.15) is 12.6 Å². The van der Waals surface area contributed by atoms with Gasteiger partial charge in [-0.1, -0.05) is 42.5 Å². The van der Waals surface area contributed by atoms with Crippen LogP contribution in [0.15, 0.2) is 42.5 Å². The van der Waals surface area contributed by atoms with Crippen molar-refractivity contribution in [3.05, 3.63) is 59.2 Å². The number of hydrogen-bond acceptors (Lipinski definition) is 1. The van der Waals surface area contributed by atoms with Crippen molar-refractivity contribution < 1.29 is 0 Å². The molecular weight excluding hydrogens is 200 g/mol. The summed E-state index contributed by atoms with van der Waals surface area (Å²) in [5, 5.41) is 0.301. The Hall–Kier alpha value is -0.950. The van der Waals surface area contributed by atoms with Crippen LogP contribution in [0.3, 0.4) is 0 Å². The molecule has 0 radical (unpaired) electrons. The second kappa shape index (κ2) is 4.28. The van der Waals surface area contributed by atoms with E-state index < -0.39 is 0 Å². The molecule has 0 saturated carbocycles. The average molecular weight is 216 g/mol. The molecule has 2 unspecified atom stereocenters. The molecule has 0 aliphatic heterocycles. The predicted octanol–water partition coefficient (Wildman–Crippen LogP) is 3.81. The molecule has 1 aliphatic carbocycles. The summed E-state index contributed by atoms with van der Waals surface area (Å²) >= 11 is 4.61. The van der Waals surface area contributed by atoms with Gasteiger partial charge in [0.15, 0.2) is 0 Å². The first-order valence-corrected chi connectivity index (χ1v) is 5.81. The Balaban J connectivity index is 2.41. The molecule has 0 heterocycles. The lowest BCUT2D eigenvalue weighted by Gasteiger charge is -2.22. The summed E-state index contributed by atoms with van der Waals surface area (Å²) in [7, 11) is 0. The predicted molar refractivity (Wildman–Crippen MR) is 69.7 cm³/mol. The van der Waals surface area contributed by atoms with E-state index in [1.165, 1.54) is 16.7 Å². The van der Waals surface area contributed by atoms with Crippen molar-refractivity contribution in [2.75, 3.05) is 0 Å². The van der Waals surface area contributed by atoms with Crippen molar-refractivity contribution >= 4 is 12.6 Å². The number of thiol groups is 1. The van der Waals surface area contributed by atoms with E-state index in [4.69, 9.17) is 0 Å². The maximum absolute atomic E-state index is 4.61. The fraction of sp³-hybridized carbons (Fsp3) is 0.286. The zero-order valence-corrected chi connectivity index (χ0v) is 10.0. The molecule has 0 bridgehead atoms. The Morgan fingerprint density at radius 3 is 2.53 bits per heavy atom. The van der Waals surface area contributed by atoms with E-state index in [1.807, 2.05) is 0 Å². The smallest absolute Gasteiger partial charge is 0.0303 e. The van der Waals surface area contributed by atoms with Crippen LogP contribution in [-0.2, 0) is 0 Å². The van der Waals surface area contributed by atoms with E-state index in [0.717, 1.165) is 0 Å². The quantitative estimate of drug-likeness (QED) is 0.678. The summed E-state index contributed by atoms with van der Waals surface area (Å²) in [4.78, 5) is 0. The van der Waals surface area contributed by atoms with Crippen LogP contribution in [0.2, 0.25) is 0 Å². The van der Waals surface area contributed by atoms with Crippen LogP contribution in [0.1, 0.15) is 22.6 Å². The second-order valence-electron chi connectivity index (χ2n) is 4.08. The molecule has 0 spiro atoms. The minimum atomic E-state index is 0.301.